The Morgan fingerprint density at radius 2 is 1.94 bits per heavy atom. The second-order valence-corrected chi connectivity index (χ2v) is 4.55. The van der Waals surface area contributed by atoms with Crippen LogP contribution in [0.5, 0.6) is 0 Å². The molecule has 1 aliphatic carbocycles. The summed E-state index contributed by atoms with van der Waals surface area (Å²) in [6.07, 6.45) is 9.35. The monoisotopic (exact) mass is 233 g/mol. The number of carbonyl (C=O) groups is 1. The van der Waals surface area contributed by atoms with Crippen molar-refractivity contribution in [2.75, 3.05) is 11.9 Å². The van der Waals surface area contributed by atoms with Gasteiger partial charge in [-0.15, -0.1) is 0 Å². The van der Waals surface area contributed by atoms with Gasteiger partial charge in [-0.1, -0.05) is 19.3 Å². The molecule has 0 unspecified atom stereocenters. The molecule has 1 aliphatic rings. The van der Waals surface area contributed by atoms with Crippen LogP contribution in [0.15, 0.2) is 24.5 Å². The van der Waals surface area contributed by atoms with Crippen LogP contribution in [0, 0.1) is 0 Å². The summed E-state index contributed by atoms with van der Waals surface area (Å²) in [7, 11) is 1.79. The van der Waals surface area contributed by atoms with E-state index >= 15 is 0 Å². The first-order chi connectivity index (χ1) is 8.27. The largest absolute Gasteiger partial charge is 0.335 e. The molecule has 1 N–H and O–H groups in total. The van der Waals surface area contributed by atoms with E-state index in [2.05, 4.69) is 10.3 Å². The van der Waals surface area contributed by atoms with E-state index in [1.165, 1.54) is 19.3 Å². The molecule has 1 aromatic rings. The van der Waals surface area contributed by atoms with Crippen LogP contribution >= 0.6 is 0 Å². The average Bonchev–Trinajstić information content (AvgIpc) is 2.40. The molecule has 1 heterocycles. The number of nitrogens with zero attached hydrogens (tertiary/aromatic N) is 2. The highest BCUT2D eigenvalue weighted by atomic mass is 16.2. The number of rotatable bonds is 2. The molecule has 1 saturated carbocycles. The van der Waals surface area contributed by atoms with Crippen molar-refractivity contribution in [1.82, 2.24) is 10.3 Å². The lowest BCUT2D eigenvalue weighted by atomic mass is 9.96. The molecule has 4 heteroatoms. The Morgan fingerprint density at radius 1 is 1.29 bits per heavy atom. The Balaban J connectivity index is 1.91. The standard InChI is InChI=1S/C13H19N3O/c1-16(12-7-9-14-10-8-12)13(17)15-11-5-3-2-4-6-11/h7-11H,2-6H2,1H3,(H,15,17). The zero-order valence-electron chi connectivity index (χ0n) is 10.2. The highest BCUT2D eigenvalue weighted by Crippen LogP contribution is 2.18. The third-order valence-corrected chi connectivity index (χ3v) is 3.29. The van der Waals surface area contributed by atoms with Gasteiger partial charge >= 0.3 is 6.03 Å². The second kappa shape index (κ2) is 5.66. The summed E-state index contributed by atoms with van der Waals surface area (Å²) >= 11 is 0. The molecule has 0 bridgehead atoms. The predicted octanol–water partition coefficient (Wildman–Crippen LogP) is 2.56. The molecule has 2 rings (SSSR count). The van der Waals surface area contributed by atoms with Gasteiger partial charge in [-0.25, -0.2) is 4.79 Å². The van der Waals surface area contributed by atoms with Crippen molar-refractivity contribution < 1.29 is 4.79 Å². The molecule has 0 aromatic carbocycles. The summed E-state index contributed by atoms with van der Waals surface area (Å²) in [6, 6.07) is 3.99. The zero-order valence-corrected chi connectivity index (χ0v) is 10.2. The number of carbonyl (C=O) groups excluding carboxylic acids is 1. The van der Waals surface area contributed by atoms with E-state index in [4.69, 9.17) is 0 Å². The Labute approximate surface area is 102 Å². The maximum absolute atomic E-state index is 12.0. The molecule has 1 aromatic heterocycles. The number of urea groups is 1. The Hall–Kier alpha value is -1.58. The van der Waals surface area contributed by atoms with Crippen molar-refractivity contribution in [3.8, 4) is 0 Å². The van der Waals surface area contributed by atoms with E-state index in [0.29, 0.717) is 6.04 Å². The van der Waals surface area contributed by atoms with Gasteiger partial charge in [0.05, 0.1) is 0 Å². The van der Waals surface area contributed by atoms with E-state index in [9.17, 15) is 4.79 Å². The van der Waals surface area contributed by atoms with Gasteiger partial charge in [0.15, 0.2) is 0 Å². The van der Waals surface area contributed by atoms with Crippen LogP contribution in [0.2, 0.25) is 0 Å². The quantitative estimate of drug-likeness (QED) is 0.853. The van der Waals surface area contributed by atoms with Crippen LogP contribution in [0.1, 0.15) is 32.1 Å². The normalized spacial score (nSPS) is 16.5. The van der Waals surface area contributed by atoms with Crippen molar-refractivity contribution in [3.63, 3.8) is 0 Å². The van der Waals surface area contributed by atoms with Gasteiger partial charge in [0.25, 0.3) is 0 Å². The molecule has 1 fully saturated rings. The van der Waals surface area contributed by atoms with Crippen LogP contribution in [0.25, 0.3) is 0 Å². The Kier molecular flexibility index (Phi) is 3.96. The molecule has 4 nitrogen and oxygen atoms in total. The number of pyridine rings is 1. The van der Waals surface area contributed by atoms with Crippen LogP contribution in [-0.2, 0) is 0 Å². The van der Waals surface area contributed by atoms with Crippen LogP contribution in [0.4, 0.5) is 10.5 Å². The Morgan fingerprint density at radius 3 is 2.59 bits per heavy atom. The summed E-state index contributed by atoms with van der Waals surface area (Å²) in [5.74, 6) is 0. The summed E-state index contributed by atoms with van der Waals surface area (Å²) in [4.78, 5) is 17.6. The maximum Gasteiger partial charge on any atom is 0.321 e. The van der Waals surface area contributed by atoms with Crippen LogP contribution in [0.3, 0.4) is 0 Å². The fraction of sp³-hybridized carbons (Fsp3) is 0.538. The fourth-order valence-electron chi connectivity index (χ4n) is 2.20. The number of aromatic nitrogens is 1. The molecule has 17 heavy (non-hydrogen) atoms. The molecule has 0 atom stereocenters. The van der Waals surface area contributed by atoms with Gasteiger partial charge in [-0.05, 0) is 25.0 Å². The number of amides is 2. The first-order valence-electron chi connectivity index (χ1n) is 6.21. The summed E-state index contributed by atoms with van der Waals surface area (Å²) in [5.41, 5.74) is 0.869. The lowest BCUT2D eigenvalue weighted by Gasteiger charge is -2.26. The lowest BCUT2D eigenvalue weighted by molar-refractivity contribution is 0.239. The highest BCUT2D eigenvalue weighted by Gasteiger charge is 2.18. The first-order valence-corrected chi connectivity index (χ1v) is 6.21. The third-order valence-electron chi connectivity index (χ3n) is 3.29. The van der Waals surface area contributed by atoms with Gasteiger partial charge in [0, 0.05) is 31.2 Å². The molecule has 2 amide bonds. The number of nitrogens with one attached hydrogen (secondary N) is 1. The van der Waals surface area contributed by atoms with Crippen molar-refractivity contribution >= 4 is 11.7 Å². The fourth-order valence-corrected chi connectivity index (χ4v) is 2.20. The number of hydrogen-bond acceptors (Lipinski definition) is 2. The molecule has 0 radical (unpaired) electrons. The molecule has 0 saturated heterocycles. The van der Waals surface area contributed by atoms with Gasteiger partial charge in [0.2, 0.25) is 0 Å². The molecular formula is C13H19N3O. The van der Waals surface area contributed by atoms with Crippen LogP contribution < -0.4 is 10.2 Å². The Bertz CT molecular complexity index is 360. The predicted molar refractivity (Wildman–Crippen MR) is 68.0 cm³/mol. The number of hydrogen-bond donors (Lipinski definition) is 1. The third kappa shape index (κ3) is 3.19. The average molecular weight is 233 g/mol. The minimum atomic E-state index is -0.0249. The molecular weight excluding hydrogens is 214 g/mol. The molecule has 0 spiro atoms. The van der Waals surface area contributed by atoms with Gasteiger partial charge in [-0.2, -0.15) is 0 Å². The van der Waals surface area contributed by atoms with Crippen molar-refractivity contribution in [1.29, 1.82) is 0 Å². The highest BCUT2D eigenvalue weighted by molar-refractivity contribution is 5.91. The van der Waals surface area contributed by atoms with Gasteiger partial charge in [-0.3, -0.25) is 9.88 Å². The topological polar surface area (TPSA) is 45.2 Å². The van der Waals surface area contributed by atoms with Crippen molar-refractivity contribution in [3.05, 3.63) is 24.5 Å². The van der Waals surface area contributed by atoms with Crippen LogP contribution in [-0.4, -0.2) is 24.1 Å². The van der Waals surface area contributed by atoms with Gasteiger partial charge in [0.1, 0.15) is 0 Å². The van der Waals surface area contributed by atoms with E-state index < -0.39 is 0 Å². The van der Waals surface area contributed by atoms with Gasteiger partial charge < -0.3 is 5.32 Å². The minimum Gasteiger partial charge on any atom is -0.335 e. The second-order valence-electron chi connectivity index (χ2n) is 4.55. The number of anilines is 1. The summed E-state index contributed by atoms with van der Waals surface area (Å²) in [5, 5.41) is 3.08. The van der Waals surface area contributed by atoms with Crippen molar-refractivity contribution in [2.45, 2.75) is 38.1 Å². The van der Waals surface area contributed by atoms with E-state index in [1.807, 2.05) is 12.1 Å². The smallest absolute Gasteiger partial charge is 0.321 e. The first kappa shape index (κ1) is 11.9. The van der Waals surface area contributed by atoms with E-state index in [0.717, 1.165) is 18.5 Å². The van der Waals surface area contributed by atoms with E-state index in [-0.39, 0.29) is 6.03 Å². The summed E-state index contributed by atoms with van der Waals surface area (Å²) < 4.78 is 0. The minimum absolute atomic E-state index is 0.0249. The van der Waals surface area contributed by atoms with E-state index in [1.54, 1.807) is 24.3 Å². The summed E-state index contributed by atoms with van der Waals surface area (Å²) in [6.45, 7) is 0. The SMILES string of the molecule is CN(C(=O)NC1CCCCC1)c1ccncc1. The zero-order chi connectivity index (χ0) is 12.1. The maximum atomic E-state index is 12.0. The lowest BCUT2D eigenvalue weighted by Crippen LogP contribution is -2.43. The van der Waals surface area contributed by atoms with Crippen molar-refractivity contribution in [2.24, 2.45) is 0 Å². The molecule has 0 aliphatic heterocycles. The molecule has 92 valence electrons.